The van der Waals surface area contributed by atoms with E-state index in [2.05, 4.69) is 15.2 Å². The predicted octanol–water partition coefficient (Wildman–Crippen LogP) is 4.02. The average molecular weight is 519 g/mol. The molecular formula is C29H28F2N4O3. The second-order valence-electron chi connectivity index (χ2n) is 10.9. The molecule has 5 rings (SSSR count). The van der Waals surface area contributed by atoms with Crippen LogP contribution >= 0.6 is 0 Å². The number of aromatic nitrogens is 1. The van der Waals surface area contributed by atoms with Gasteiger partial charge in [-0.2, -0.15) is 5.26 Å². The molecule has 1 unspecified atom stereocenters. The Bertz CT molecular complexity index is 1500. The second kappa shape index (κ2) is 9.53. The van der Waals surface area contributed by atoms with Crippen LogP contribution in [0, 0.1) is 28.4 Å². The normalized spacial score (nSPS) is 23.7. The number of hydrogen-bond donors (Lipinski definition) is 2. The number of fused-ring (bicyclic) bond motifs is 1. The van der Waals surface area contributed by atoms with Crippen LogP contribution in [0.25, 0.3) is 10.9 Å². The van der Waals surface area contributed by atoms with Crippen LogP contribution in [-0.4, -0.2) is 39.9 Å². The fourth-order valence-corrected chi connectivity index (χ4v) is 5.78. The number of benzene rings is 2. The van der Waals surface area contributed by atoms with Gasteiger partial charge in [0.2, 0.25) is 11.8 Å². The number of amides is 2. The highest BCUT2D eigenvalue weighted by Crippen LogP contribution is 2.48. The minimum Gasteiger partial charge on any atom is -0.384 e. The molecule has 2 aromatic carbocycles. The molecule has 1 aromatic heterocycles. The number of carbonyl (C=O) groups is 2. The maximum absolute atomic E-state index is 16.1. The van der Waals surface area contributed by atoms with E-state index in [-0.39, 0.29) is 35.3 Å². The molecule has 2 N–H and O–H groups in total. The van der Waals surface area contributed by atoms with Gasteiger partial charge < -0.3 is 5.11 Å². The summed E-state index contributed by atoms with van der Waals surface area (Å²) in [5.41, 5.74) is -0.363. The lowest BCUT2D eigenvalue weighted by molar-refractivity contribution is -0.134. The van der Waals surface area contributed by atoms with Crippen molar-refractivity contribution in [2.45, 2.75) is 51.2 Å². The zero-order valence-electron chi connectivity index (χ0n) is 21.2. The number of hydrogen-bond acceptors (Lipinski definition) is 6. The Kier molecular flexibility index (Phi) is 6.49. The summed E-state index contributed by atoms with van der Waals surface area (Å²) in [5.74, 6) is -2.48. The fraction of sp³-hybridized carbons (Fsp3) is 0.379. The zero-order valence-corrected chi connectivity index (χ0v) is 21.2. The Morgan fingerprint density at radius 3 is 2.71 bits per heavy atom. The van der Waals surface area contributed by atoms with Crippen LogP contribution in [0.4, 0.5) is 8.78 Å². The van der Waals surface area contributed by atoms with E-state index in [0.29, 0.717) is 37.1 Å². The topological polar surface area (TPSA) is 106 Å². The third-order valence-electron chi connectivity index (χ3n) is 7.99. The molecule has 2 fully saturated rings. The molecule has 0 spiro atoms. The molecule has 2 aliphatic rings. The number of nitriles is 1. The van der Waals surface area contributed by atoms with Gasteiger partial charge in [-0.15, -0.1) is 0 Å². The Morgan fingerprint density at radius 2 is 2.00 bits per heavy atom. The summed E-state index contributed by atoms with van der Waals surface area (Å²) in [6.45, 7) is 5.13. The summed E-state index contributed by atoms with van der Waals surface area (Å²) in [4.78, 5) is 30.3. The highest BCUT2D eigenvalue weighted by atomic mass is 19.1. The lowest BCUT2D eigenvalue weighted by atomic mass is 9.66. The number of pyridine rings is 1. The summed E-state index contributed by atoms with van der Waals surface area (Å²) in [6, 6.07) is 11.1. The largest absolute Gasteiger partial charge is 0.384 e. The summed E-state index contributed by atoms with van der Waals surface area (Å²) < 4.78 is 29.8. The number of imide groups is 1. The molecule has 2 atom stereocenters. The molecule has 7 nitrogen and oxygen atoms in total. The molecule has 9 heteroatoms. The molecule has 196 valence electrons. The van der Waals surface area contributed by atoms with Crippen molar-refractivity contribution in [2.24, 2.45) is 5.41 Å². The number of nitrogens with zero attached hydrogens (tertiary/aromatic N) is 3. The smallest absolute Gasteiger partial charge is 0.234 e. The first-order chi connectivity index (χ1) is 18.0. The molecular weight excluding hydrogens is 490 g/mol. The monoisotopic (exact) mass is 518 g/mol. The van der Waals surface area contributed by atoms with E-state index >= 15 is 4.39 Å². The van der Waals surface area contributed by atoms with Gasteiger partial charge in [-0.1, -0.05) is 26.0 Å². The van der Waals surface area contributed by atoms with Gasteiger partial charge in [0.15, 0.2) is 0 Å². The van der Waals surface area contributed by atoms with Crippen LogP contribution in [0.2, 0.25) is 0 Å². The summed E-state index contributed by atoms with van der Waals surface area (Å²) >= 11 is 0. The van der Waals surface area contributed by atoms with Crippen LogP contribution in [0.3, 0.4) is 0 Å². The molecule has 0 bridgehead atoms. The lowest BCUT2D eigenvalue weighted by Gasteiger charge is -2.50. The standard InChI is InChI=1S/C29H28F2N4O3/c1-28(2)16-35(15-17-3-6-23(30)18(11-17)13-32)10-9-29(28,38)22-5-7-24-21(26(22)31)12-19(14-33-24)20-4-8-25(36)34-27(20)37/h3,5-7,11-12,14,20,38H,4,8-10,15-16H2,1-2H3,(H,34,36,37)/t20?,29-/m0/s1. The number of piperidine rings is 2. The minimum absolute atomic E-state index is 0.0150. The van der Waals surface area contributed by atoms with Crippen molar-refractivity contribution >= 4 is 22.7 Å². The van der Waals surface area contributed by atoms with Crippen molar-refractivity contribution in [2.75, 3.05) is 13.1 Å². The molecule has 0 aliphatic carbocycles. The summed E-state index contributed by atoms with van der Waals surface area (Å²) in [7, 11) is 0. The highest BCUT2D eigenvalue weighted by Gasteiger charge is 2.50. The zero-order chi connectivity index (χ0) is 27.2. The van der Waals surface area contributed by atoms with Crippen molar-refractivity contribution in [3.8, 4) is 6.07 Å². The molecule has 3 aromatic rings. The summed E-state index contributed by atoms with van der Waals surface area (Å²) in [6.07, 6.45) is 2.33. The van der Waals surface area contributed by atoms with Crippen LogP contribution in [-0.2, 0) is 21.7 Å². The molecule has 3 heterocycles. The van der Waals surface area contributed by atoms with Crippen LogP contribution in [0.15, 0.2) is 42.6 Å². The number of nitrogens with one attached hydrogen (secondary N) is 1. The van der Waals surface area contributed by atoms with E-state index in [0.717, 1.165) is 5.56 Å². The fourth-order valence-electron chi connectivity index (χ4n) is 5.78. The number of carbonyl (C=O) groups excluding carboxylic acids is 2. The lowest BCUT2D eigenvalue weighted by Crippen LogP contribution is -2.55. The molecule has 38 heavy (non-hydrogen) atoms. The minimum atomic E-state index is -1.48. The van der Waals surface area contributed by atoms with E-state index in [1.807, 2.05) is 19.9 Å². The van der Waals surface area contributed by atoms with Gasteiger partial charge in [-0.05, 0) is 48.2 Å². The van der Waals surface area contributed by atoms with Gasteiger partial charge >= 0.3 is 0 Å². The average Bonchev–Trinajstić information content (AvgIpc) is 2.87. The van der Waals surface area contributed by atoms with Gasteiger partial charge in [0.05, 0.1) is 22.6 Å². The van der Waals surface area contributed by atoms with Crippen molar-refractivity contribution in [1.29, 1.82) is 5.26 Å². The van der Waals surface area contributed by atoms with E-state index in [9.17, 15) is 19.1 Å². The Balaban J connectivity index is 1.43. The van der Waals surface area contributed by atoms with Crippen molar-refractivity contribution in [3.63, 3.8) is 0 Å². The van der Waals surface area contributed by atoms with E-state index in [4.69, 9.17) is 5.26 Å². The van der Waals surface area contributed by atoms with Gasteiger partial charge in [-0.3, -0.25) is 24.8 Å². The molecule has 2 aliphatic heterocycles. The SMILES string of the molecule is CC1(C)CN(Cc2ccc(F)c(C#N)c2)CC[C@]1(O)c1ccc2ncc(C3CCC(=O)NC3=O)cc2c1F. The van der Waals surface area contributed by atoms with Gasteiger partial charge in [0, 0.05) is 48.6 Å². The number of likely N-dealkylation sites (tertiary alicyclic amines) is 1. The van der Waals surface area contributed by atoms with Crippen LogP contribution < -0.4 is 5.32 Å². The molecule has 0 radical (unpaired) electrons. The number of rotatable bonds is 4. The quantitative estimate of drug-likeness (QED) is 0.506. The third kappa shape index (κ3) is 4.44. The maximum Gasteiger partial charge on any atom is 0.234 e. The third-order valence-corrected chi connectivity index (χ3v) is 7.99. The van der Waals surface area contributed by atoms with Gasteiger partial charge in [0.25, 0.3) is 0 Å². The van der Waals surface area contributed by atoms with Crippen LogP contribution in [0.5, 0.6) is 0 Å². The highest BCUT2D eigenvalue weighted by molar-refractivity contribution is 6.01. The maximum atomic E-state index is 16.1. The number of aliphatic hydroxyl groups is 1. The van der Waals surface area contributed by atoms with E-state index in [1.54, 1.807) is 24.3 Å². The summed E-state index contributed by atoms with van der Waals surface area (Å²) in [5, 5.41) is 23.6. The van der Waals surface area contributed by atoms with E-state index in [1.165, 1.54) is 18.3 Å². The molecule has 0 saturated carbocycles. The predicted molar refractivity (Wildman–Crippen MR) is 136 cm³/mol. The van der Waals surface area contributed by atoms with E-state index < -0.39 is 34.5 Å². The molecule has 2 amide bonds. The van der Waals surface area contributed by atoms with Gasteiger partial charge in [0.1, 0.15) is 17.7 Å². The first-order valence-corrected chi connectivity index (χ1v) is 12.6. The second-order valence-corrected chi connectivity index (χ2v) is 10.9. The van der Waals surface area contributed by atoms with Crippen LogP contribution in [0.1, 0.15) is 61.3 Å². The molecule has 2 saturated heterocycles. The van der Waals surface area contributed by atoms with Gasteiger partial charge in [-0.25, -0.2) is 8.78 Å². The first-order valence-electron chi connectivity index (χ1n) is 12.6. The Labute approximate surface area is 219 Å². The van der Waals surface area contributed by atoms with Crippen molar-refractivity contribution < 1.29 is 23.5 Å². The Morgan fingerprint density at radius 1 is 1.21 bits per heavy atom. The Hall–Kier alpha value is -3.74. The first kappa shape index (κ1) is 25.9. The van der Waals surface area contributed by atoms with Crippen molar-refractivity contribution in [3.05, 3.63) is 76.5 Å². The number of halogens is 2. The van der Waals surface area contributed by atoms with Crippen molar-refractivity contribution in [1.82, 2.24) is 15.2 Å².